The van der Waals surface area contributed by atoms with Gasteiger partial charge in [-0.25, -0.2) is 4.98 Å². The number of nitrogens with two attached hydrogens (primary N) is 1. The fraction of sp³-hybridized carbons (Fsp3) is 0.214. The van der Waals surface area contributed by atoms with E-state index in [0.29, 0.717) is 22.3 Å². The predicted octanol–water partition coefficient (Wildman–Crippen LogP) is 5.66. The lowest BCUT2D eigenvalue weighted by atomic mass is 9.72. The van der Waals surface area contributed by atoms with Gasteiger partial charge in [0, 0.05) is 18.2 Å². The lowest BCUT2D eigenvalue weighted by Crippen LogP contribution is -2.43. The van der Waals surface area contributed by atoms with Crippen molar-refractivity contribution in [1.29, 1.82) is 0 Å². The Balaban J connectivity index is 1.65. The van der Waals surface area contributed by atoms with E-state index in [-0.39, 0.29) is 11.0 Å². The standard InChI is InChI=1S/C28H25N3O2/c1-17-30-22-14-13-21-25(32)23(18-9-11-20(12-10-18)28(29)15-6-16-28)26(19-7-4-3-5-8-19)33-27(21)24(22)31(17)2/h3-5,7-14H,6,15-16,29H2,1-2H3. The number of nitrogens with zero attached hydrogens (tertiary/aromatic N) is 2. The zero-order valence-electron chi connectivity index (χ0n) is 18.8. The van der Waals surface area contributed by atoms with Crippen LogP contribution >= 0.6 is 0 Å². The van der Waals surface area contributed by atoms with Crippen LogP contribution in [-0.2, 0) is 12.6 Å². The Morgan fingerprint density at radius 1 is 0.970 bits per heavy atom. The molecule has 33 heavy (non-hydrogen) atoms. The Kier molecular flexibility index (Phi) is 4.32. The van der Waals surface area contributed by atoms with E-state index < -0.39 is 0 Å². The molecule has 0 aliphatic heterocycles. The monoisotopic (exact) mass is 435 g/mol. The van der Waals surface area contributed by atoms with Crippen LogP contribution in [0.2, 0.25) is 0 Å². The molecule has 0 saturated heterocycles. The third-order valence-electron chi connectivity index (χ3n) is 7.15. The minimum atomic E-state index is -0.238. The van der Waals surface area contributed by atoms with Gasteiger partial charge < -0.3 is 14.7 Å². The Morgan fingerprint density at radius 2 is 1.70 bits per heavy atom. The van der Waals surface area contributed by atoms with Gasteiger partial charge in [-0.1, -0.05) is 54.6 Å². The fourth-order valence-electron chi connectivity index (χ4n) is 4.93. The van der Waals surface area contributed by atoms with E-state index in [4.69, 9.17) is 10.2 Å². The molecule has 1 aliphatic carbocycles. The summed E-state index contributed by atoms with van der Waals surface area (Å²) in [4.78, 5) is 18.5. The summed E-state index contributed by atoms with van der Waals surface area (Å²) in [6.07, 6.45) is 3.16. The van der Waals surface area contributed by atoms with E-state index in [1.165, 1.54) is 0 Å². The maximum absolute atomic E-state index is 13.9. The minimum absolute atomic E-state index is 0.0466. The molecule has 3 aromatic carbocycles. The largest absolute Gasteiger partial charge is 0.453 e. The van der Waals surface area contributed by atoms with Crippen molar-refractivity contribution in [2.75, 3.05) is 0 Å². The van der Waals surface area contributed by atoms with Crippen LogP contribution in [-0.4, -0.2) is 9.55 Å². The summed E-state index contributed by atoms with van der Waals surface area (Å²) in [5.74, 6) is 1.44. The maximum atomic E-state index is 13.9. The molecule has 1 saturated carbocycles. The summed E-state index contributed by atoms with van der Waals surface area (Å²) in [6.45, 7) is 1.95. The first-order valence-corrected chi connectivity index (χ1v) is 11.3. The van der Waals surface area contributed by atoms with Gasteiger partial charge in [0.25, 0.3) is 0 Å². The molecule has 1 fully saturated rings. The molecule has 5 heteroatoms. The summed E-state index contributed by atoms with van der Waals surface area (Å²) in [5, 5.41) is 0.554. The van der Waals surface area contributed by atoms with Gasteiger partial charge in [-0.3, -0.25) is 4.79 Å². The summed E-state index contributed by atoms with van der Waals surface area (Å²) < 4.78 is 8.54. The van der Waals surface area contributed by atoms with Crippen LogP contribution < -0.4 is 11.2 Å². The van der Waals surface area contributed by atoms with E-state index in [1.54, 1.807) is 0 Å². The van der Waals surface area contributed by atoms with Crippen molar-refractivity contribution in [2.24, 2.45) is 12.8 Å². The lowest BCUT2D eigenvalue weighted by molar-refractivity contribution is 0.253. The van der Waals surface area contributed by atoms with E-state index >= 15 is 0 Å². The van der Waals surface area contributed by atoms with E-state index in [1.807, 2.05) is 73.1 Å². The van der Waals surface area contributed by atoms with Crippen molar-refractivity contribution >= 4 is 22.0 Å². The number of benzene rings is 3. The SMILES string of the molecule is Cc1nc2ccc3c(=O)c(-c4ccc(C5(N)CCC5)cc4)c(-c4ccccc4)oc3c2n1C. The van der Waals surface area contributed by atoms with Crippen molar-refractivity contribution in [3.05, 3.63) is 88.3 Å². The van der Waals surface area contributed by atoms with E-state index in [0.717, 1.165) is 52.8 Å². The number of rotatable bonds is 3. The third-order valence-corrected chi connectivity index (χ3v) is 7.15. The zero-order chi connectivity index (χ0) is 22.7. The van der Waals surface area contributed by atoms with E-state index in [2.05, 4.69) is 17.1 Å². The predicted molar refractivity (Wildman–Crippen MR) is 132 cm³/mol. The lowest BCUT2D eigenvalue weighted by Gasteiger charge is -2.38. The normalized spacial score (nSPS) is 15.1. The highest BCUT2D eigenvalue weighted by atomic mass is 16.3. The number of aromatic nitrogens is 2. The molecule has 0 unspecified atom stereocenters. The molecule has 2 aromatic heterocycles. The molecule has 5 nitrogen and oxygen atoms in total. The highest BCUT2D eigenvalue weighted by Crippen LogP contribution is 2.40. The molecule has 164 valence electrons. The van der Waals surface area contributed by atoms with Crippen molar-refractivity contribution in [2.45, 2.75) is 31.7 Å². The topological polar surface area (TPSA) is 74.1 Å². The molecule has 5 aromatic rings. The van der Waals surface area contributed by atoms with Crippen molar-refractivity contribution in [3.8, 4) is 22.5 Å². The maximum Gasteiger partial charge on any atom is 0.201 e. The van der Waals surface area contributed by atoms with Crippen LogP contribution in [0.15, 0.2) is 75.9 Å². The second-order valence-corrected chi connectivity index (χ2v) is 9.12. The highest BCUT2D eigenvalue weighted by molar-refractivity contribution is 6.03. The average molecular weight is 436 g/mol. The molecule has 0 radical (unpaired) electrons. The second kappa shape index (κ2) is 7.15. The fourth-order valence-corrected chi connectivity index (χ4v) is 4.93. The third kappa shape index (κ3) is 2.96. The number of fused-ring (bicyclic) bond motifs is 3. The van der Waals surface area contributed by atoms with Gasteiger partial charge in [-0.05, 0) is 49.4 Å². The molecular weight excluding hydrogens is 410 g/mol. The molecule has 2 N–H and O–H groups in total. The quantitative estimate of drug-likeness (QED) is 0.397. The van der Waals surface area contributed by atoms with Crippen LogP contribution in [0.4, 0.5) is 0 Å². The van der Waals surface area contributed by atoms with Crippen molar-refractivity contribution in [1.82, 2.24) is 9.55 Å². The first-order chi connectivity index (χ1) is 16.0. The minimum Gasteiger partial charge on any atom is -0.453 e. The van der Waals surface area contributed by atoms with Gasteiger partial charge in [0.05, 0.1) is 16.5 Å². The molecule has 2 heterocycles. The first-order valence-electron chi connectivity index (χ1n) is 11.3. The van der Waals surface area contributed by atoms with E-state index in [9.17, 15) is 4.79 Å². The van der Waals surface area contributed by atoms with Gasteiger partial charge in [-0.2, -0.15) is 0 Å². The van der Waals surface area contributed by atoms with Gasteiger partial charge in [0.15, 0.2) is 5.58 Å². The Hall–Kier alpha value is -3.70. The summed E-state index contributed by atoms with van der Waals surface area (Å²) in [5.41, 5.74) is 11.8. The molecule has 0 amide bonds. The number of aryl methyl sites for hydroxylation is 2. The van der Waals surface area contributed by atoms with Gasteiger partial charge >= 0.3 is 0 Å². The molecular formula is C28H25N3O2. The first kappa shape index (κ1) is 19.9. The molecule has 0 bridgehead atoms. The second-order valence-electron chi connectivity index (χ2n) is 9.12. The van der Waals surface area contributed by atoms with Crippen molar-refractivity contribution in [3.63, 3.8) is 0 Å². The van der Waals surface area contributed by atoms with Crippen LogP contribution in [0.3, 0.4) is 0 Å². The highest BCUT2D eigenvalue weighted by Gasteiger charge is 2.34. The molecule has 0 atom stereocenters. The molecule has 1 aliphatic rings. The van der Waals surface area contributed by atoms with Crippen LogP contribution in [0.5, 0.6) is 0 Å². The molecule has 0 spiro atoms. The number of imidazole rings is 1. The smallest absolute Gasteiger partial charge is 0.201 e. The summed E-state index contributed by atoms with van der Waals surface area (Å²) >= 11 is 0. The van der Waals surface area contributed by atoms with Crippen molar-refractivity contribution < 1.29 is 4.42 Å². The van der Waals surface area contributed by atoms with Gasteiger partial charge in [-0.15, -0.1) is 0 Å². The van der Waals surface area contributed by atoms with Crippen LogP contribution in [0.25, 0.3) is 44.5 Å². The van der Waals surface area contributed by atoms with Gasteiger partial charge in [0.2, 0.25) is 5.43 Å². The van der Waals surface area contributed by atoms with Gasteiger partial charge in [0.1, 0.15) is 17.1 Å². The Morgan fingerprint density at radius 3 is 2.36 bits per heavy atom. The number of hydrogen-bond donors (Lipinski definition) is 1. The molecule has 6 rings (SSSR count). The van der Waals surface area contributed by atoms with Crippen LogP contribution in [0, 0.1) is 6.92 Å². The average Bonchev–Trinajstić information content (AvgIpc) is 3.12. The Labute approximate surface area is 191 Å². The van der Waals surface area contributed by atoms with Crippen LogP contribution in [0.1, 0.15) is 30.7 Å². The number of hydrogen-bond acceptors (Lipinski definition) is 4. The summed E-state index contributed by atoms with van der Waals surface area (Å²) in [7, 11) is 1.95. The summed E-state index contributed by atoms with van der Waals surface area (Å²) in [6, 6.07) is 21.6. The zero-order valence-corrected chi connectivity index (χ0v) is 18.8. The Bertz CT molecular complexity index is 1570.